The average molecular weight is 267 g/mol. The molecule has 3 nitrogen and oxygen atoms in total. The fraction of sp³-hybridized carbons (Fsp3) is 0.235. The summed E-state index contributed by atoms with van der Waals surface area (Å²) in [6, 6.07) is 16.5. The van der Waals surface area contributed by atoms with Crippen LogP contribution in [0.15, 0.2) is 67.1 Å². The van der Waals surface area contributed by atoms with Crippen LogP contribution in [0.5, 0.6) is 0 Å². The van der Waals surface area contributed by atoms with E-state index in [9.17, 15) is 0 Å². The number of benzene rings is 1. The van der Waals surface area contributed by atoms with Gasteiger partial charge in [0.2, 0.25) is 0 Å². The van der Waals surface area contributed by atoms with E-state index in [0.717, 1.165) is 11.6 Å². The summed E-state index contributed by atoms with van der Waals surface area (Å²) in [6.45, 7) is 8.37. The summed E-state index contributed by atoms with van der Waals surface area (Å²) in [7, 11) is 0. The highest BCUT2D eigenvalue weighted by Gasteiger charge is 2.14. The fourth-order valence-electron chi connectivity index (χ4n) is 2.07. The summed E-state index contributed by atoms with van der Waals surface area (Å²) < 4.78 is 0. The van der Waals surface area contributed by atoms with Crippen molar-refractivity contribution >= 4 is 5.82 Å². The van der Waals surface area contributed by atoms with Crippen LogP contribution in [0.1, 0.15) is 25.3 Å². The number of hydrogen-bond donors (Lipinski definition) is 2. The van der Waals surface area contributed by atoms with Gasteiger partial charge in [0, 0.05) is 18.2 Å². The molecule has 0 saturated carbocycles. The maximum Gasteiger partial charge on any atom is 0.131 e. The number of hydrogen-bond acceptors (Lipinski definition) is 3. The van der Waals surface area contributed by atoms with Crippen LogP contribution in [0.3, 0.4) is 0 Å². The average Bonchev–Trinajstić information content (AvgIpc) is 2.48. The van der Waals surface area contributed by atoms with Gasteiger partial charge in [0.15, 0.2) is 0 Å². The molecule has 0 saturated heterocycles. The Morgan fingerprint density at radius 2 is 1.75 bits per heavy atom. The van der Waals surface area contributed by atoms with Crippen LogP contribution in [0.2, 0.25) is 0 Å². The molecule has 1 aromatic carbocycles. The molecule has 0 radical (unpaired) electrons. The lowest BCUT2D eigenvalue weighted by molar-refractivity contribution is 0.529. The van der Waals surface area contributed by atoms with E-state index in [1.807, 2.05) is 24.3 Å². The van der Waals surface area contributed by atoms with Gasteiger partial charge in [0.05, 0.1) is 5.82 Å². The Morgan fingerprint density at radius 3 is 2.40 bits per heavy atom. The van der Waals surface area contributed by atoms with Crippen molar-refractivity contribution in [2.45, 2.75) is 25.8 Å². The fourth-order valence-corrected chi connectivity index (χ4v) is 2.07. The van der Waals surface area contributed by atoms with Crippen LogP contribution in [-0.2, 0) is 0 Å². The van der Waals surface area contributed by atoms with Gasteiger partial charge >= 0.3 is 0 Å². The van der Waals surface area contributed by atoms with Crippen LogP contribution in [0.4, 0.5) is 5.82 Å². The lowest BCUT2D eigenvalue weighted by Crippen LogP contribution is -2.32. The Bertz CT molecular complexity index is 537. The van der Waals surface area contributed by atoms with Crippen molar-refractivity contribution in [2.24, 2.45) is 0 Å². The van der Waals surface area contributed by atoms with E-state index in [0.29, 0.717) is 5.92 Å². The maximum absolute atomic E-state index is 4.22. The second-order valence-electron chi connectivity index (χ2n) is 4.95. The number of anilines is 1. The van der Waals surface area contributed by atoms with Crippen molar-refractivity contribution in [1.29, 1.82) is 0 Å². The van der Waals surface area contributed by atoms with Gasteiger partial charge in [-0.15, -0.1) is 0 Å². The smallest absolute Gasteiger partial charge is 0.131 e. The molecule has 2 rings (SSSR count). The van der Waals surface area contributed by atoms with Gasteiger partial charge in [0.1, 0.15) is 5.82 Å². The largest absolute Gasteiger partial charge is 0.369 e. The predicted molar refractivity (Wildman–Crippen MR) is 84.5 cm³/mol. The minimum atomic E-state index is 0.279. The molecular weight excluding hydrogens is 246 g/mol. The molecule has 0 aliphatic carbocycles. The molecule has 1 heterocycles. The number of nitrogens with one attached hydrogen (secondary N) is 2. The monoisotopic (exact) mass is 267 g/mol. The minimum Gasteiger partial charge on any atom is -0.369 e. The molecule has 0 aliphatic rings. The molecule has 0 spiro atoms. The SMILES string of the molecule is C=C(Nc1ccccn1)NC(C)C(C)c1ccccc1. The van der Waals surface area contributed by atoms with Crippen LogP contribution < -0.4 is 10.6 Å². The molecule has 3 heteroatoms. The molecular formula is C17H21N3. The summed E-state index contributed by atoms with van der Waals surface area (Å²) in [5.74, 6) is 1.96. The minimum absolute atomic E-state index is 0.279. The van der Waals surface area contributed by atoms with Crippen LogP contribution >= 0.6 is 0 Å². The van der Waals surface area contributed by atoms with Gasteiger partial charge in [-0.3, -0.25) is 0 Å². The second kappa shape index (κ2) is 6.75. The van der Waals surface area contributed by atoms with Crippen molar-refractivity contribution in [2.75, 3.05) is 5.32 Å². The zero-order valence-corrected chi connectivity index (χ0v) is 12.0. The van der Waals surface area contributed by atoms with Gasteiger partial charge in [-0.1, -0.05) is 49.9 Å². The van der Waals surface area contributed by atoms with Crippen molar-refractivity contribution in [3.8, 4) is 0 Å². The first-order chi connectivity index (χ1) is 9.66. The summed E-state index contributed by atoms with van der Waals surface area (Å²) in [4.78, 5) is 4.22. The van der Waals surface area contributed by atoms with E-state index >= 15 is 0 Å². The molecule has 20 heavy (non-hydrogen) atoms. The standard InChI is InChI=1S/C17H21N3/c1-13(16-9-5-4-6-10-16)14(2)19-15(3)20-17-11-7-8-12-18-17/h4-14,19H,3H2,1-2H3,(H,18,20). The van der Waals surface area contributed by atoms with Crippen molar-refractivity contribution in [1.82, 2.24) is 10.3 Å². The maximum atomic E-state index is 4.22. The van der Waals surface area contributed by atoms with Gasteiger partial charge in [-0.25, -0.2) is 4.98 Å². The van der Waals surface area contributed by atoms with E-state index < -0.39 is 0 Å². The molecule has 2 atom stereocenters. The molecule has 2 aromatic rings. The third kappa shape index (κ3) is 3.85. The number of aromatic nitrogens is 1. The van der Waals surface area contributed by atoms with Gasteiger partial charge in [0.25, 0.3) is 0 Å². The van der Waals surface area contributed by atoms with Crippen LogP contribution in [0, 0.1) is 0 Å². The van der Waals surface area contributed by atoms with E-state index in [1.54, 1.807) is 6.20 Å². The second-order valence-corrected chi connectivity index (χ2v) is 4.95. The first-order valence-electron chi connectivity index (χ1n) is 6.85. The summed E-state index contributed by atoms with van der Waals surface area (Å²) in [6.07, 6.45) is 1.76. The highest BCUT2D eigenvalue weighted by atomic mass is 15.1. The highest BCUT2D eigenvalue weighted by Crippen LogP contribution is 2.19. The molecule has 104 valence electrons. The van der Waals surface area contributed by atoms with Crippen molar-refractivity contribution < 1.29 is 0 Å². The van der Waals surface area contributed by atoms with E-state index in [2.05, 4.69) is 60.3 Å². The zero-order valence-electron chi connectivity index (χ0n) is 12.0. The topological polar surface area (TPSA) is 37.0 Å². The van der Waals surface area contributed by atoms with E-state index in [-0.39, 0.29) is 6.04 Å². The molecule has 0 amide bonds. The zero-order chi connectivity index (χ0) is 14.4. The normalized spacial score (nSPS) is 13.3. The van der Waals surface area contributed by atoms with E-state index in [4.69, 9.17) is 0 Å². The third-order valence-electron chi connectivity index (χ3n) is 3.42. The van der Waals surface area contributed by atoms with Crippen LogP contribution in [0.25, 0.3) is 0 Å². The third-order valence-corrected chi connectivity index (χ3v) is 3.42. The Labute approximate surface area is 120 Å². The quantitative estimate of drug-likeness (QED) is 0.837. The first-order valence-corrected chi connectivity index (χ1v) is 6.85. The van der Waals surface area contributed by atoms with Crippen molar-refractivity contribution in [3.63, 3.8) is 0 Å². The molecule has 0 fully saturated rings. The molecule has 0 bridgehead atoms. The first kappa shape index (κ1) is 14.1. The Hall–Kier alpha value is -2.29. The van der Waals surface area contributed by atoms with E-state index in [1.165, 1.54) is 5.56 Å². The van der Waals surface area contributed by atoms with Crippen LogP contribution in [-0.4, -0.2) is 11.0 Å². The number of pyridine rings is 1. The molecule has 0 aliphatic heterocycles. The predicted octanol–water partition coefficient (Wildman–Crippen LogP) is 3.75. The Kier molecular flexibility index (Phi) is 4.77. The lowest BCUT2D eigenvalue weighted by Gasteiger charge is -2.24. The molecule has 2 unspecified atom stereocenters. The number of rotatable bonds is 6. The van der Waals surface area contributed by atoms with Crippen molar-refractivity contribution in [3.05, 3.63) is 72.7 Å². The summed E-state index contributed by atoms with van der Waals surface area (Å²) in [5, 5.41) is 6.54. The van der Waals surface area contributed by atoms with Gasteiger partial charge < -0.3 is 10.6 Å². The highest BCUT2D eigenvalue weighted by molar-refractivity contribution is 5.39. The molecule has 2 N–H and O–H groups in total. The molecule has 1 aromatic heterocycles. The lowest BCUT2D eigenvalue weighted by atomic mass is 9.94. The summed E-state index contributed by atoms with van der Waals surface area (Å²) in [5.41, 5.74) is 1.32. The van der Waals surface area contributed by atoms with Gasteiger partial charge in [-0.2, -0.15) is 0 Å². The summed E-state index contributed by atoms with van der Waals surface area (Å²) >= 11 is 0. The van der Waals surface area contributed by atoms with Gasteiger partial charge in [-0.05, 0) is 24.6 Å². The number of nitrogens with zero attached hydrogens (tertiary/aromatic N) is 1. The Balaban J connectivity index is 1.91. The Morgan fingerprint density at radius 1 is 1.05 bits per heavy atom.